The van der Waals surface area contributed by atoms with E-state index < -0.39 is 0 Å². The molecule has 0 radical (unpaired) electrons. The molecule has 0 aliphatic carbocycles. The molecule has 0 bridgehead atoms. The normalized spacial score (nSPS) is 15.8. The fourth-order valence-electron chi connectivity index (χ4n) is 1.95. The van der Waals surface area contributed by atoms with Crippen molar-refractivity contribution in [1.82, 2.24) is 10.2 Å². The molecule has 0 aromatic heterocycles. The van der Waals surface area contributed by atoms with Crippen molar-refractivity contribution < 1.29 is 0 Å². The average molecular weight is 228 g/mol. The average Bonchev–Trinajstić information content (AvgIpc) is 2.26. The van der Waals surface area contributed by atoms with Crippen LogP contribution in [-0.4, -0.2) is 37.1 Å². The van der Waals surface area contributed by atoms with Crippen LogP contribution in [0, 0.1) is 11.8 Å². The van der Waals surface area contributed by atoms with Gasteiger partial charge in [0.15, 0.2) is 0 Å². The van der Waals surface area contributed by atoms with Crippen molar-refractivity contribution in [2.45, 2.75) is 54.0 Å². The summed E-state index contributed by atoms with van der Waals surface area (Å²) in [6.45, 7) is 18.4. The molecular formula is C14H32N2. The van der Waals surface area contributed by atoms with E-state index in [0.717, 1.165) is 12.5 Å². The first-order valence-corrected chi connectivity index (χ1v) is 7.00. The second kappa shape index (κ2) is 9.00. The summed E-state index contributed by atoms with van der Waals surface area (Å²) in [6.07, 6.45) is 1.28. The second-order valence-electron chi connectivity index (χ2n) is 5.27. The largest absolute Gasteiger partial charge is 0.313 e. The molecule has 1 N–H and O–H groups in total. The molecule has 98 valence electrons. The van der Waals surface area contributed by atoms with Crippen molar-refractivity contribution in [3.63, 3.8) is 0 Å². The first-order valence-electron chi connectivity index (χ1n) is 7.00. The summed E-state index contributed by atoms with van der Waals surface area (Å²) in [6, 6.07) is 0.633. The summed E-state index contributed by atoms with van der Waals surface area (Å²) in [5.41, 5.74) is 0. The van der Waals surface area contributed by atoms with Gasteiger partial charge in [0, 0.05) is 19.1 Å². The second-order valence-corrected chi connectivity index (χ2v) is 5.27. The Balaban J connectivity index is 4.14. The van der Waals surface area contributed by atoms with E-state index in [1.807, 2.05) is 0 Å². The van der Waals surface area contributed by atoms with Crippen LogP contribution >= 0.6 is 0 Å². The summed E-state index contributed by atoms with van der Waals surface area (Å²) >= 11 is 0. The Hall–Kier alpha value is -0.0800. The van der Waals surface area contributed by atoms with Gasteiger partial charge >= 0.3 is 0 Å². The lowest BCUT2D eigenvalue weighted by molar-refractivity contribution is 0.201. The first kappa shape index (κ1) is 15.9. The maximum atomic E-state index is 3.60. The van der Waals surface area contributed by atoms with Crippen LogP contribution in [0.3, 0.4) is 0 Å². The highest BCUT2D eigenvalue weighted by Gasteiger charge is 2.16. The topological polar surface area (TPSA) is 15.3 Å². The summed E-state index contributed by atoms with van der Waals surface area (Å²) in [5, 5.41) is 3.60. The van der Waals surface area contributed by atoms with Crippen molar-refractivity contribution in [3.8, 4) is 0 Å². The van der Waals surface area contributed by atoms with Crippen LogP contribution in [0.5, 0.6) is 0 Å². The number of rotatable bonds is 9. The van der Waals surface area contributed by atoms with Gasteiger partial charge in [0.1, 0.15) is 0 Å². The molecule has 0 fully saturated rings. The molecule has 0 aromatic carbocycles. The highest BCUT2D eigenvalue weighted by atomic mass is 15.1. The number of nitrogens with one attached hydrogen (secondary N) is 1. The Morgan fingerprint density at radius 2 is 1.62 bits per heavy atom. The van der Waals surface area contributed by atoms with Crippen LogP contribution in [0.1, 0.15) is 48.0 Å². The maximum absolute atomic E-state index is 3.60. The molecule has 2 nitrogen and oxygen atoms in total. The standard InChI is InChI=1S/C14H32N2/c1-7-13(6)10-16(9-3)11-14(12(4)5)15-8-2/h12-15H,7-11H2,1-6H3. The molecule has 0 aliphatic heterocycles. The first-order chi connectivity index (χ1) is 7.54. The minimum atomic E-state index is 0.633. The van der Waals surface area contributed by atoms with E-state index in [4.69, 9.17) is 0 Å². The molecule has 0 amide bonds. The number of nitrogens with zero attached hydrogens (tertiary/aromatic N) is 1. The lowest BCUT2D eigenvalue weighted by Crippen LogP contribution is -2.45. The summed E-state index contributed by atoms with van der Waals surface area (Å²) in [4.78, 5) is 2.58. The highest BCUT2D eigenvalue weighted by molar-refractivity contribution is 4.75. The molecule has 0 saturated heterocycles. The third-order valence-electron chi connectivity index (χ3n) is 3.44. The molecule has 0 aromatic rings. The molecule has 0 spiro atoms. The van der Waals surface area contributed by atoms with E-state index >= 15 is 0 Å². The summed E-state index contributed by atoms with van der Waals surface area (Å²) < 4.78 is 0. The maximum Gasteiger partial charge on any atom is 0.0217 e. The molecule has 2 heteroatoms. The van der Waals surface area contributed by atoms with E-state index in [2.05, 4.69) is 51.8 Å². The zero-order chi connectivity index (χ0) is 12.6. The van der Waals surface area contributed by atoms with Gasteiger partial charge in [-0.1, -0.05) is 48.0 Å². The lowest BCUT2D eigenvalue weighted by atomic mass is 10.0. The van der Waals surface area contributed by atoms with Gasteiger partial charge in [0.05, 0.1) is 0 Å². The Bertz CT molecular complexity index is 157. The Morgan fingerprint density at radius 1 is 1.00 bits per heavy atom. The van der Waals surface area contributed by atoms with Crippen molar-refractivity contribution in [2.75, 3.05) is 26.2 Å². The van der Waals surface area contributed by atoms with E-state index in [1.54, 1.807) is 0 Å². The number of hydrogen-bond donors (Lipinski definition) is 1. The van der Waals surface area contributed by atoms with E-state index in [9.17, 15) is 0 Å². The van der Waals surface area contributed by atoms with Crippen molar-refractivity contribution in [1.29, 1.82) is 0 Å². The molecule has 2 unspecified atom stereocenters. The molecule has 0 rings (SSSR count). The smallest absolute Gasteiger partial charge is 0.0217 e. The zero-order valence-corrected chi connectivity index (χ0v) is 12.2. The van der Waals surface area contributed by atoms with Crippen LogP contribution in [0.4, 0.5) is 0 Å². The van der Waals surface area contributed by atoms with E-state index in [0.29, 0.717) is 12.0 Å². The van der Waals surface area contributed by atoms with Crippen LogP contribution in [0.25, 0.3) is 0 Å². The summed E-state index contributed by atoms with van der Waals surface area (Å²) in [7, 11) is 0. The monoisotopic (exact) mass is 228 g/mol. The van der Waals surface area contributed by atoms with Crippen molar-refractivity contribution in [2.24, 2.45) is 11.8 Å². The minimum absolute atomic E-state index is 0.633. The van der Waals surface area contributed by atoms with Gasteiger partial charge in [-0.05, 0) is 24.9 Å². The quantitative estimate of drug-likeness (QED) is 0.652. The summed E-state index contributed by atoms with van der Waals surface area (Å²) in [5.74, 6) is 1.53. The predicted molar refractivity (Wildman–Crippen MR) is 73.9 cm³/mol. The van der Waals surface area contributed by atoms with Gasteiger partial charge in [0.2, 0.25) is 0 Å². The van der Waals surface area contributed by atoms with Gasteiger partial charge in [-0.25, -0.2) is 0 Å². The zero-order valence-electron chi connectivity index (χ0n) is 12.2. The van der Waals surface area contributed by atoms with Gasteiger partial charge in [0.25, 0.3) is 0 Å². The fourth-order valence-corrected chi connectivity index (χ4v) is 1.95. The van der Waals surface area contributed by atoms with Crippen LogP contribution in [0.15, 0.2) is 0 Å². The lowest BCUT2D eigenvalue weighted by Gasteiger charge is -2.31. The van der Waals surface area contributed by atoms with Crippen LogP contribution < -0.4 is 5.32 Å². The minimum Gasteiger partial charge on any atom is -0.313 e. The third-order valence-corrected chi connectivity index (χ3v) is 3.44. The Kier molecular flexibility index (Phi) is 8.96. The van der Waals surface area contributed by atoms with Crippen molar-refractivity contribution in [3.05, 3.63) is 0 Å². The number of likely N-dealkylation sites (N-methyl/N-ethyl adjacent to an activating group) is 2. The van der Waals surface area contributed by atoms with E-state index in [1.165, 1.54) is 26.1 Å². The number of hydrogen-bond acceptors (Lipinski definition) is 2. The van der Waals surface area contributed by atoms with E-state index in [-0.39, 0.29) is 0 Å². The molecule has 0 saturated carbocycles. The van der Waals surface area contributed by atoms with Crippen LogP contribution in [0.2, 0.25) is 0 Å². The Labute approximate surface area is 103 Å². The molecular weight excluding hydrogens is 196 g/mol. The van der Waals surface area contributed by atoms with Gasteiger partial charge < -0.3 is 10.2 Å². The SMILES string of the molecule is CCNC(CN(CC)CC(C)CC)C(C)C. The van der Waals surface area contributed by atoms with Crippen LogP contribution in [-0.2, 0) is 0 Å². The van der Waals surface area contributed by atoms with Gasteiger partial charge in [-0.15, -0.1) is 0 Å². The van der Waals surface area contributed by atoms with Crippen molar-refractivity contribution >= 4 is 0 Å². The van der Waals surface area contributed by atoms with Gasteiger partial charge in [-0.2, -0.15) is 0 Å². The Morgan fingerprint density at radius 3 is 2.00 bits per heavy atom. The fraction of sp³-hybridized carbons (Fsp3) is 1.00. The predicted octanol–water partition coefficient (Wildman–Crippen LogP) is 2.99. The molecule has 16 heavy (non-hydrogen) atoms. The highest BCUT2D eigenvalue weighted by Crippen LogP contribution is 2.08. The molecule has 0 heterocycles. The third kappa shape index (κ3) is 6.49. The molecule has 0 aliphatic rings. The molecule has 2 atom stereocenters. The van der Waals surface area contributed by atoms with Gasteiger partial charge in [-0.3, -0.25) is 0 Å².